The third-order valence-corrected chi connectivity index (χ3v) is 2.55. The van der Waals surface area contributed by atoms with Crippen molar-refractivity contribution in [3.05, 3.63) is 39.6 Å². The lowest BCUT2D eigenvalue weighted by Crippen LogP contribution is -1.84. The van der Waals surface area contributed by atoms with Gasteiger partial charge in [0.2, 0.25) is 0 Å². The fraction of sp³-hybridized carbons (Fsp3) is 0.300. The molecule has 0 fully saturated rings. The molecule has 0 nitrogen and oxygen atoms in total. The van der Waals surface area contributed by atoms with Crippen LogP contribution in [0.5, 0.6) is 0 Å². The molecule has 0 amide bonds. The number of hydrogen-bond acceptors (Lipinski definition) is 0. The number of halogens is 2. The second-order valence-electron chi connectivity index (χ2n) is 2.73. The minimum Gasteiger partial charge on any atom is -0.0533 e. The second kappa shape index (κ2) is 5.03. The molecular weight excluding hydrogens is 280 g/mol. The van der Waals surface area contributed by atoms with Crippen LogP contribution in [0.15, 0.2) is 27.1 Å². The van der Waals surface area contributed by atoms with E-state index >= 15 is 0 Å². The molecule has 0 aromatic heterocycles. The van der Waals surface area contributed by atoms with Crippen LogP contribution < -0.4 is 0 Å². The van der Waals surface area contributed by atoms with Gasteiger partial charge in [0.05, 0.1) is 0 Å². The molecule has 0 atom stereocenters. The second-order valence-corrected chi connectivity index (χ2v) is 4.57. The van der Waals surface area contributed by atoms with Gasteiger partial charge in [0.1, 0.15) is 0 Å². The molecule has 0 aliphatic rings. The Kier molecular flexibility index (Phi) is 4.30. The average Bonchev–Trinajstić information content (AvgIpc) is 1.99. The standard InChI is InChI=1S/C10H11Br2/c1-2-3-4-8-5-9(11)7-10(12)6-8/h5-7H,1-4H2. The summed E-state index contributed by atoms with van der Waals surface area (Å²) < 4.78 is 2.27. The molecule has 1 radical (unpaired) electrons. The summed E-state index contributed by atoms with van der Waals surface area (Å²) >= 11 is 6.92. The Morgan fingerprint density at radius 2 is 1.67 bits per heavy atom. The van der Waals surface area contributed by atoms with Crippen LogP contribution in [0.2, 0.25) is 0 Å². The van der Waals surface area contributed by atoms with Crippen LogP contribution in [-0.2, 0) is 6.42 Å². The predicted molar refractivity (Wildman–Crippen MR) is 60.1 cm³/mol. The van der Waals surface area contributed by atoms with Gasteiger partial charge < -0.3 is 0 Å². The van der Waals surface area contributed by atoms with Crippen molar-refractivity contribution in [2.75, 3.05) is 0 Å². The molecule has 12 heavy (non-hydrogen) atoms. The van der Waals surface area contributed by atoms with E-state index in [2.05, 4.69) is 50.9 Å². The number of benzene rings is 1. The summed E-state index contributed by atoms with van der Waals surface area (Å²) in [5, 5.41) is 0. The van der Waals surface area contributed by atoms with Gasteiger partial charge in [0, 0.05) is 8.95 Å². The predicted octanol–water partition coefficient (Wildman–Crippen LogP) is 4.37. The smallest absolute Gasteiger partial charge is 0.0189 e. The summed E-state index contributed by atoms with van der Waals surface area (Å²) in [6.45, 7) is 3.82. The van der Waals surface area contributed by atoms with E-state index in [4.69, 9.17) is 0 Å². The van der Waals surface area contributed by atoms with Crippen molar-refractivity contribution < 1.29 is 0 Å². The Hall–Kier alpha value is 0.180. The van der Waals surface area contributed by atoms with Crippen LogP contribution in [0.1, 0.15) is 18.4 Å². The largest absolute Gasteiger partial charge is 0.0533 e. The van der Waals surface area contributed by atoms with E-state index in [1.54, 1.807) is 0 Å². The fourth-order valence-corrected chi connectivity index (χ4v) is 2.47. The zero-order chi connectivity index (χ0) is 8.97. The summed E-state index contributed by atoms with van der Waals surface area (Å²) in [5.41, 5.74) is 1.36. The topological polar surface area (TPSA) is 0 Å². The Labute approximate surface area is 90.6 Å². The SMILES string of the molecule is [CH2]CCCc1cc(Br)cc(Br)c1. The molecular formula is C10H11Br2. The highest BCUT2D eigenvalue weighted by Gasteiger charge is 1.96. The molecule has 1 rings (SSSR count). The van der Waals surface area contributed by atoms with Gasteiger partial charge in [-0.25, -0.2) is 0 Å². The van der Waals surface area contributed by atoms with Crippen molar-refractivity contribution in [3.8, 4) is 0 Å². The molecule has 0 aliphatic carbocycles. The minimum absolute atomic E-state index is 1.00. The molecule has 1 aromatic carbocycles. The lowest BCUT2D eigenvalue weighted by atomic mass is 10.1. The van der Waals surface area contributed by atoms with E-state index in [1.165, 1.54) is 5.56 Å². The summed E-state index contributed by atoms with van der Waals surface area (Å²) in [6, 6.07) is 6.36. The van der Waals surface area contributed by atoms with Gasteiger partial charge >= 0.3 is 0 Å². The van der Waals surface area contributed by atoms with Gasteiger partial charge in [0.25, 0.3) is 0 Å². The maximum atomic E-state index is 3.82. The number of hydrogen-bond donors (Lipinski definition) is 0. The first-order chi connectivity index (χ1) is 5.72. The van der Waals surface area contributed by atoms with E-state index in [0.29, 0.717) is 0 Å². The van der Waals surface area contributed by atoms with E-state index < -0.39 is 0 Å². The number of aryl methyl sites for hydroxylation is 1. The first-order valence-electron chi connectivity index (χ1n) is 3.96. The monoisotopic (exact) mass is 289 g/mol. The molecule has 2 heteroatoms. The molecule has 0 saturated carbocycles. The van der Waals surface area contributed by atoms with Crippen molar-refractivity contribution in [2.45, 2.75) is 19.3 Å². The third-order valence-electron chi connectivity index (χ3n) is 1.64. The maximum absolute atomic E-state index is 3.82. The summed E-state index contributed by atoms with van der Waals surface area (Å²) in [5.74, 6) is 0. The van der Waals surface area contributed by atoms with Gasteiger partial charge in [-0.05, 0) is 36.6 Å². The molecule has 0 bridgehead atoms. The van der Waals surface area contributed by atoms with E-state index in [-0.39, 0.29) is 0 Å². The highest BCUT2D eigenvalue weighted by Crippen LogP contribution is 2.21. The van der Waals surface area contributed by atoms with Crippen LogP contribution in [0.25, 0.3) is 0 Å². The molecule has 0 unspecified atom stereocenters. The zero-order valence-electron chi connectivity index (χ0n) is 6.82. The summed E-state index contributed by atoms with van der Waals surface area (Å²) in [6.07, 6.45) is 3.27. The Bertz CT molecular complexity index is 236. The minimum atomic E-state index is 1.00. The van der Waals surface area contributed by atoms with Crippen LogP contribution >= 0.6 is 31.9 Å². The van der Waals surface area contributed by atoms with Crippen molar-refractivity contribution in [1.29, 1.82) is 0 Å². The normalized spacial score (nSPS) is 10.2. The quantitative estimate of drug-likeness (QED) is 0.775. The first-order valence-corrected chi connectivity index (χ1v) is 5.55. The lowest BCUT2D eigenvalue weighted by Gasteiger charge is -2.01. The van der Waals surface area contributed by atoms with Crippen LogP contribution in [0, 0.1) is 6.92 Å². The van der Waals surface area contributed by atoms with Crippen molar-refractivity contribution in [3.63, 3.8) is 0 Å². The Morgan fingerprint density at radius 1 is 1.08 bits per heavy atom. The Balaban J connectivity index is 2.72. The zero-order valence-corrected chi connectivity index (χ0v) is 9.99. The Morgan fingerprint density at radius 3 is 2.17 bits per heavy atom. The van der Waals surface area contributed by atoms with E-state index in [0.717, 1.165) is 28.2 Å². The van der Waals surface area contributed by atoms with Crippen molar-refractivity contribution >= 4 is 31.9 Å². The van der Waals surface area contributed by atoms with Crippen LogP contribution in [-0.4, -0.2) is 0 Å². The molecule has 0 saturated heterocycles. The summed E-state index contributed by atoms with van der Waals surface area (Å²) in [4.78, 5) is 0. The van der Waals surface area contributed by atoms with E-state index in [1.807, 2.05) is 6.07 Å². The first kappa shape index (κ1) is 10.3. The molecule has 0 heterocycles. The molecule has 1 aromatic rings. The molecule has 0 N–H and O–H groups in total. The maximum Gasteiger partial charge on any atom is 0.0189 e. The molecule has 65 valence electrons. The van der Waals surface area contributed by atoms with Gasteiger partial charge in [-0.2, -0.15) is 0 Å². The van der Waals surface area contributed by atoms with Gasteiger partial charge in [-0.15, -0.1) is 0 Å². The van der Waals surface area contributed by atoms with Gasteiger partial charge in [-0.1, -0.05) is 45.2 Å². The van der Waals surface area contributed by atoms with Crippen molar-refractivity contribution in [1.82, 2.24) is 0 Å². The van der Waals surface area contributed by atoms with Gasteiger partial charge in [-0.3, -0.25) is 0 Å². The molecule has 0 spiro atoms. The number of unbranched alkanes of at least 4 members (excludes halogenated alkanes) is 1. The highest BCUT2D eigenvalue weighted by atomic mass is 79.9. The van der Waals surface area contributed by atoms with Gasteiger partial charge in [0.15, 0.2) is 0 Å². The van der Waals surface area contributed by atoms with Crippen molar-refractivity contribution in [2.24, 2.45) is 0 Å². The summed E-state index contributed by atoms with van der Waals surface area (Å²) in [7, 11) is 0. The fourth-order valence-electron chi connectivity index (χ4n) is 1.08. The van der Waals surface area contributed by atoms with Crippen LogP contribution in [0.3, 0.4) is 0 Å². The molecule has 0 aliphatic heterocycles. The average molecular weight is 291 g/mol. The third kappa shape index (κ3) is 3.28. The number of rotatable bonds is 3. The van der Waals surface area contributed by atoms with Crippen LogP contribution in [0.4, 0.5) is 0 Å². The van der Waals surface area contributed by atoms with E-state index in [9.17, 15) is 0 Å². The highest BCUT2D eigenvalue weighted by molar-refractivity contribution is 9.11. The lowest BCUT2D eigenvalue weighted by molar-refractivity contribution is 0.840.